The number of benzene rings is 2. The maximum absolute atomic E-state index is 12.5. The Labute approximate surface area is 152 Å². The predicted octanol–water partition coefficient (Wildman–Crippen LogP) is 3.57. The number of non-ortho nitro benzene ring substituents is 1. The lowest BCUT2D eigenvalue weighted by molar-refractivity contribution is -0.384. The zero-order chi connectivity index (χ0) is 18.2. The summed E-state index contributed by atoms with van der Waals surface area (Å²) in [7, 11) is -3.91. The summed E-state index contributed by atoms with van der Waals surface area (Å²) < 4.78 is 31.2. The molecule has 3 rings (SSSR count). The van der Waals surface area contributed by atoms with E-state index >= 15 is 0 Å². The molecule has 0 spiro atoms. The number of hydrogen-bond donors (Lipinski definition) is 0. The summed E-state index contributed by atoms with van der Waals surface area (Å²) in [5.41, 5.74) is 0.646. The quantitative estimate of drug-likeness (QED) is 0.496. The summed E-state index contributed by atoms with van der Waals surface area (Å²) in [5, 5.41) is 11.3. The van der Waals surface area contributed by atoms with Crippen molar-refractivity contribution >= 4 is 48.9 Å². The number of nitro groups is 1. The summed E-state index contributed by atoms with van der Waals surface area (Å²) in [6.45, 7) is 2.33. The third-order valence-corrected chi connectivity index (χ3v) is 6.19. The average molecular weight is 398 g/mol. The number of aromatic nitrogens is 1. The van der Waals surface area contributed by atoms with E-state index in [1.165, 1.54) is 36.4 Å². The molecule has 3 aromatic rings. The van der Waals surface area contributed by atoms with Gasteiger partial charge in [-0.25, -0.2) is 0 Å². The van der Waals surface area contributed by atoms with Gasteiger partial charge in [-0.05, 0) is 37.3 Å². The number of hydrogen-bond acceptors (Lipinski definition) is 5. The molecular formula is C15H12ClN3O4S2. The molecule has 0 saturated heterocycles. The Morgan fingerprint density at radius 2 is 1.92 bits per heavy atom. The highest BCUT2D eigenvalue weighted by atomic mass is 35.5. The average Bonchev–Trinajstić information content (AvgIpc) is 2.90. The molecule has 2 aromatic carbocycles. The first kappa shape index (κ1) is 17.6. The van der Waals surface area contributed by atoms with Gasteiger partial charge in [-0.2, -0.15) is 8.42 Å². The summed E-state index contributed by atoms with van der Waals surface area (Å²) in [6.07, 6.45) is 0. The van der Waals surface area contributed by atoms with Gasteiger partial charge in [0.25, 0.3) is 15.7 Å². The fourth-order valence-corrected chi connectivity index (χ4v) is 4.77. The highest BCUT2D eigenvalue weighted by Gasteiger charge is 2.16. The van der Waals surface area contributed by atoms with E-state index in [1.54, 1.807) is 10.6 Å². The van der Waals surface area contributed by atoms with Gasteiger partial charge in [-0.15, -0.1) is 4.40 Å². The maximum atomic E-state index is 12.5. The number of rotatable bonds is 4. The Hall–Kier alpha value is -2.23. The Balaban J connectivity index is 2.21. The van der Waals surface area contributed by atoms with Crippen LogP contribution in [0.1, 0.15) is 6.92 Å². The van der Waals surface area contributed by atoms with Crippen molar-refractivity contribution in [3.8, 4) is 0 Å². The van der Waals surface area contributed by atoms with Crippen LogP contribution in [0.5, 0.6) is 0 Å². The molecule has 7 nitrogen and oxygen atoms in total. The molecule has 0 aliphatic heterocycles. The van der Waals surface area contributed by atoms with E-state index in [1.807, 2.05) is 6.92 Å². The SMILES string of the molecule is CCn1/c(=N/S(=O)(=O)c2ccc(Cl)cc2)sc2cc([N+](=O)[O-])ccc21. The zero-order valence-electron chi connectivity index (χ0n) is 12.9. The Morgan fingerprint density at radius 3 is 2.52 bits per heavy atom. The topological polar surface area (TPSA) is 94.6 Å². The second-order valence-electron chi connectivity index (χ2n) is 5.06. The van der Waals surface area contributed by atoms with Crippen molar-refractivity contribution in [3.05, 3.63) is 62.4 Å². The molecule has 0 unspecified atom stereocenters. The molecule has 10 heteroatoms. The van der Waals surface area contributed by atoms with Crippen molar-refractivity contribution in [2.24, 2.45) is 4.40 Å². The van der Waals surface area contributed by atoms with E-state index < -0.39 is 14.9 Å². The first-order valence-electron chi connectivity index (χ1n) is 7.16. The zero-order valence-corrected chi connectivity index (χ0v) is 15.3. The van der Waals surface area contributed by atoms with Gasteiger partial charge < -0.3 is 4.57 Å². The third-order valence-electron chi connectivity index (χ3n) is 3.50. The van der Waals surface area contributed by atoms with Crippen LogP contribution in [-0.4, -0.2) is 17.9 Å². The third kappa shape index (κ3) is 3.44. The van der Waals surface area contributed by atoms with Gasteiger partial charge in [0.1, 0.15) is 0 Å². The smallest absolute Gasteiger partial charge is 0.285 e. The number of nitro benzene ring substituents is 1. The normalized spacial score (nSPS) is 12.6. The lowest BCUT2D eigenvalue weighted by atomic mass is 10.3. The first-order valence-corrected chi connectivity index (χ1v) is 9.79. The van der Waals surface area contributed by atoms with Crippen LogP contribution >= 0.6 is 22.9 Å². The molecule has 1 aromatic heterocycles. The minimum Gasteiger partial charge on any atom is -0.316 e. The summed E-state index contributed by atoms with van der Waals surface area (Å²) in [6, 6.07) is 10.1. The predicted molar refractivity (Wildman–Crippen MR) is 96.3 cm³/mol. The fraction of sp³-hybridized carbons (Fsp3) is 0.133. The standard InChI is InChI=1S/C15H12ClN3O4S2/c1-2-18-13-8-5-11(19(20)21)9-14(13)24-15(18)17-25(22,23)12-6-3-10(16)4-7-12/h3-9H,2H2,1H3/b17-15-. The number of nitrogens with zero attached hydrogens (tertiary/aromatic N) is 3. The van der Waals surface area contributed by atoms with Crippen molar-refractivity contribution in [1.82, 2.24) is 4.57 Å². The summed E-state index contributed by atoms with van der Waals surface area (Å²) >= 11 is 6.87. The highest BCUT2D eigenvalue weighted by molar-refractivity contribution is 7.90. The molecule has 1 heterocycles. The van der Waals surface area contributed by atoms with Gasteiger partial charge in [-0.1, -0.05) is 22.9 Å². The number of halogens is 1. The minimum atomic E-state index is -3.91. The molecule has 0 amide bonds. The van der Waals surface area contributed by atoms with E-state index in [2.05, 4.69) is 4.40 Å². The molecule has 0 aliphatic carbocycles. The van der Waals surface area contributed by atoms with E-state index in [-0.39, 0.29) is 15.4 Å². The highest BCUT2D eigenvalue weighted by Crippen LogP contribution is 2.24. The van der Waals surface area contributed by atoms with Gasteiger partial charge in [0.2, 0.25) is 4.80 Å². The second kappa shape index (κ2) is 6.58. The van der Waals surface area contributed by atoms with Crippen LogP contribution in [-0.2, 0) is 16.6 Å². The monoisotopic (exact) mass is 397 g/mol. The van der Waals surface area contributed by atoms with Crippen molar-refractivity contribution in [2.45, 2.75) is 18.4 Å². The second-order valence-corrected chi connectivity index (χ2v) is 8.11. The summed E-state index contributed by atoms with van der Waals surface area (Å²) in [4.78, 5) is 10.7. The number of sulfonamides is 1. The van der Waals surface area contributed by atoms with Crippen LogP contribution in [0.4, 0.5) is 5.69 Å². The van der Waals surface area contributed by atoms with Crippen LogP contribution in [0.25, 0.3) is 10.2 Å². The van der Waals surface area contributed by atoms with Gasteiger partial charge in [0, 0.05) is 23.7 Å². The van der Waals surface area contributed by atoms with Gasteiger partial charge in [0.05, 0.1) is 20.0 Å². The Bertz CT molecular complexity index is 1130. The van der Waals surface area contributed by atoms with E-state index in [0.717, 1.165) is 11.3 Å². The molecule has 0 fully saturated rings. The van der Waals surface area contributed by atoms with Gasteiger partial charge >= 0.3 is 0 Å². The number of fused-ring (bicyclic) bond motifs is 1. The summed E-state index contributed by atoms with van der Waals surface area (Å²) in [5.74, 6) is 0. The van der Waals surface area contributed by atoms with Crippen LogP contribution in [0.2, 0.25) is 5.02 Å². The van der Waals surface area contributed by atoms with Crippen molar-refractivity contribution in [1.29, 1.82) is 0 Å². The molecule has 0 bridgehead atoms. The lowest BCUT2D eigenvalue weighted by Gasteiger charge is -2.01. The Kier molecular flexibility index (Phi) is 4.63. The van der Waals surface area contributed by atoms with E-state index in [9.17, 15) is 18.5 Å². The lowest BCUT2D eigenvalue weighted by Crippen LogP contribution is -2.16. The van der Waals surface area contributed by atoms with Crippen molar-refractivity contribution in [2.75, 3.05) is 0 Å². The largest absolute Gasteiger partial charge is 0.316 e. The van der Waals surface area contributed by atoms with Crippen LogP contribution < -0.4 is 4.80 Å². The maximum Gasteiger partial charge on any atom is 0.285 e. The molecule has 0 radical (unpaired) electrons. The number of aryl methyl sites for hydroxylation is 1. The number of thiazole rings is 1. The molecule has 0 saturated carbocycles. The molecule has 0 aliphatic rings. The molecule has 25 heavy (non-hydrogen) atoms. The minimum absolute atomic E-state index is 0.0305. The fourth-order valence-electron chi connectivity index (χ4n) is 2.31. The molecule has 0 N–H and O–H groups in total. The van der Waals surface area contributed by atoms with Crippen molar-refractivity contribution in [3.63, 3.8) is 0 Å². The van der Waals surface area contributed by atoms with E-state index in [0.29, 0.717) is 21.8 Å². The van der Waals surface area contributed by atoms with Gasteiger partial charge in [-0.3, -0.25) is 10.1 Å². The van der Waals surface area contributed by atoms with Crippen LogP contribution in [0, 0.1) is 10.1 Å². The van der Waals surface area contributed by atoms with E-state index in [4.69, 9.17) is 11.6 Å². The molecule has 0 atom stereocenters. The van der Waals surface area contributed by atoms with Crippen molar-refractivity contribution < 1.29 is 13.3 Å². The van der Waals surface area contributed by atoms with Gasteiger partial charge in [0.15, 0.2) is 0 Å². The molecular weight excluding hydrogens is 386 g/mol. The molecule has 130 valence electrons. The van der Waals surface area contributed by atoms with Crippen LogP contribution in [0.15, 0.2) is 51.8 Å². The first-order chi connectivity index (χ1) is 11.8. The Morgan fingerprint density at radius 1 is 1.24 bits per heavy atom. The van der Waals surface area contributed by atoms with Crippen LogP contribution in [0.3, 0.4) is 0 Å².